The number of anilines is 4. The van der Waals surface area contributed by atoms with Gasteiger partial charge in [-0.1, -0.05) is 36.4 Å². The third-order valence-electron chi connectivity index (χ3n) is 10.0. The highest BCUT2D eigenvalue weighted by Crippen LogP contribution is 2.27. The van der Waals surface area contributed by atoms with Crippen molar-refractivity contribution in [2.45, 2.75) is 61.4 Å². The molecule has 4 N–H and O–H groups in total. The molecule has 22 heteroatoms. The standard InChI is InChI=1S/C55H60N4O18/c1-34(60)69-26-44(27-70-35(2)61)20-40-8-14-49(15-9-40)57-53(66)75-25-43-23-47(32-76-54(67)58-50-16-10-41(11-17-50)21-45(28-71-36(3)62)29-72-37(4)63)52(56-7)48(24-43)33-77-55(68)59-51-18-12-42(13-19-51)22-46(30-73-38(5)64)31-74-39(6)65/h8-24,56H,25-33H2,1-7H3,(H,57,66)(H,58,67)(H,59,68). The number of hydrogen-bond donors (Lipinski definition) is 4. The predicted octanol–water partition coefficient (Wildman–Crippen LogP) is 8.50. The molecule has 0 unspecified atom stereocenters. The predicted molar refractivity (Wildman–Crippen MR) is 280 cm³/mol. The minimum absolute atomic E-state index is 0.0924. The lowest BCUT2D eigenvalue weighted by Gasteiger charge is -2.18. The Kier molecular flexibility index (Phi) is 24.4. The molecule has 0 saturated heterocycles. The molecule has 4 aromatic rings. The minimum atomic E-state index is -0.822. The van der Waals surface area contributed by atoms with Crippen molar-refractivity contribution in [3.05, 3.63) is 135 Å². The molecule has 0 fully saturated rings. The molecule has 0 spiro atoms. The van der Waals surface area contributed by atoms with Gasteiger partial charge in [-0.15, -0.1) is 0 Å². The second kappa shape index (κ2) is 31.3. The van der Waals surface area contributed by atoms with Crippen LogP contribution in [0.4, 0.5) is 37.1 Å². The van der Waals surface area contributed by atoms with Gasteiger partial charge in [-0.2, -0.15) is 0 Å². The van der Waals surface area contributed by atoms with Gasteiger partial charge in [-0.25, -0.2) is 14.4 Å². The maximum Gasteiger partial charge on any atom is 0.411 e. The van der Waals surface area contributed by atoms with Crippen molar-refractivity contribution in [3.63, 3.8) is 0 Å². The highest BCUT2D eigenvalue weighted by atomic mass is 16.6. The molecule has 408 valence electrons. The number of esters is 6. The molecule has 0 radical (unpaired) electrons. The number of rotatable bonds is 25. The van der Waals surface area contributed by atoms with Crippen molar-refractivity contribution in [2.75, 3.05) is 68.0 Å². The molecule has 0 saturated carbocycles. The monoisotopic (exact) mass is 1060 g/mol. The van der Waals surface area contributed by atoms with Gasteiger partial charge in [0.1, 0.15) is 59.5 Å². The van der Waals surface area contributed by atoms with E-state index >= 15 is 0 Å². The van der Waals surface area contributed by atoms with Crippen LogP contribution < -0.4 is 21.3 Å². The van der Waals surface area contributed by atoms with Gasteiger partial charge in [-0.05, 0) is 89.0 Å². The first-order valence-electron chi connectivity index (χ1n) is 23.6. The Morgan fingerprint density at radius 3 is 0.844 bits per heavy atom. The van der Waals surface area contributed by atoms with E-state index in [9.17, 15) is 43.2 Å². The highest BCUT2D eigenvalue weighted by Gasteiger charge is 2.17. The lowest BCUT2D eigenvalue weighted by Crippen LogP contribution is -2.17. The van der Waals surface area contributed by atoms with E-state index < -0.39 is 54.1 Å². The molecule has 0 bridgehead atoms. The summed E-state index contributed by atoms with van der Waals surface area (Å²) in [6, 6.07) is 23.0. The number of carbonyl (C=O) groups excluding carboxylic acids is 9. The third-order valence-corrected chi connectivity index (χ3v) is 10.0. The zero-order valence-corrected chi connectivity index (χ0v) is 43.5. The molecule has 0 heterocycles. The topological polar surface area (TPSA) is 285 Å². The van der Waals surface area contributed by atoms with Gasteiger partial charge in [0.2, 0.25) is 0 Å². The van der Waals surface area contributed by atoms with Crippen LogP contribution in [0.15, 0.2) is 102 Å². The molecule has 77 heavy (non-hydrogen) atoms. The smallest absolute Gasteiger partial charge is 0.411 e. The van der Waals surface area contributed by atoms with Crippen LogP contribution in [0.5, 0.6) is 0 Å². The lowest BCUT2D eigenvalue weighted by atomic mass is 10.0. The molecular formula is C55H60N4O18. The number of hydrogen-bond acceptors (Lipinski definition) is 19. The summed E-state index contributed by atoms with van der Waals surface area (Å²) in [5.41, 5.74) is 6.38. The normalized spacial score (nSPS) is 10.2. The van der Waals surface area contributed by atoms with Crippen molar-refractivity contribution in [1.29, 1.82) is 0 Å². The van der Waals surface area contributed by atoms with Crippen molar-refractivity contribution in [3.8, 4) is 0 Å². The summed E-state index contributed by atoms with van der Waals surface area (Å²) in [5.74, 6) is -3.03. The van der Waals surface area contributed by atoms with Crippen LogP contribution >= 0.6 is 0 Å². The number of benzene rings is 4. The molecule has 4 aromatic carbocycles. The van der Waals surface area contributed by atoms with Crippen molar-refractivity contribution in [1.82, 2.24) is 0 Å². The Bertz CT molecular complexity index is 2650. The van der Waals surface area contributed by atoms with Gasteiger partial charge in [0, 0.05) is 99.2 Å². The van der Waals surface area contributed by atoms with E-state index in [1.807, 2.05) is 0 Å². The van der Waals surface area contributed by atoms with E-state index in [4.69, 9.17) is 42.6 Å². The molecule has 3 amide bonds. The van der Waals surface area contributed by atoms with Crippen LogP contribution in [0.1, 0.15) is 74.9 Å². The van der Waals surface area contributed by atoms with Gasteiger partial charge in [0.05, 0.1) is 0 Å². The number of amides is 3. The zero-order chi connectivity index (χ0) is 56.3. The molecular weight excluding hydrogens is 1000 g/mol. The Labute approximate surface area is 444 Å². The van der Waals surface area contributed by atoms with Gasteiger partial charge in [0.15, 0.2) is 0 Å². The number of carbonyl (C=O) groups is 9. The summed E-state index contributed by atoms with van der Waals surface area (Å²) in [6.45, 7) is 6.12. The van der Waals surface area contributed by atoms with E-state index in [0.29, 0.717) is 72.8 Å². The summed E-state index contributed by atoms with van der Waals surface area (Å²) in [4.78, 5) is 108. The quantitative estimate of drug-likeness (QED) is 0.0357. The fourth-order valence-electron chi connectivity index (χ4n) is 6.61. The summed E-state index contributed by atoms with van der Waals surface area (Å²) in [5, 5.41) is 11.0. The largest absolute Gasteiger partial charge is 0.461 e. The van der Waals surface area contributed by atoms with E-state index in [2.05, 4.69) is 21.3 Å². The summed E-state index contributed by atoms with van der Waals surface area (Å²) in [7, 11) is 1.62. The first-order valence-corrected chi connectivity index (χ1v) is 23.6. The van der Waals surface area contributed by atoms with Crippen LogP contribution in [0.3, 0.4) is 0 Å². The fraction of sp³-hybridized carbons (Fsp3) is 0.291. The Balaban J connectivity index is 1.50. The average Bonchev–Trinajstić information content (AvgIpc) is 3.38. The first kappa shape index (κ1) is 60.1. The average molecular weight is 1070 g/mol. The van der Waals surface area contributed by atoms with E-state index in [1.165, 1.54) is 41.5 Å². The first-order chi connectivity index (χ1) is 36.7. The van der Waals surface area contributed by atoms with Crippen molar-refractivity contribution in [2.24, 2.45) is 0 Å². The van der Waals surface area contributed by atoms with Crippen LogP contribution in [-0.4, -0.2) is 101 Å². The molecule has 0 aromatic heterocycles. The second-order valence-corrected chi connectivity index (χ2v) is 16.6. The SMILES string of the molecule is CNc1c(COC(=O)Nc2ccc(C=C(COC(C)=O)COC(C)=O)cc2)cc(COC(=O)Nc2ccc(C=C(COC(C)=O)COC(C)=O)cc2)cc1COC(=O)Nc1ccc(C=C(COC(C)=O)COC(C)=O)cc1. The highest BCUT2D eigenvalue weighted by molar-refractivity contribution is 5.86. The molecule has 0 aliphatic rings. The van der Waals surface area contributed by atoms with Gasteiger partial charge < -0.3 is 47.9 Å². The summed E-state index contributed by atoms with van der Waals surface area (Å²) < 4.78 is 47.2. The molecule has 4 rings (SSSR count). The zero-order valence-electron chi connectivity index (χ0n) is 43.5. The van der Waals surface area contributed by atoms with Crippen LogP contribution in [-0.2, 0) is 91.2 Å². The summed E-state index contributed by atoms with van der Waals surface area (Å²) >= 11 is 0. The van der Waals surface area contributed by atoms with E-state index in [1.54, 1.807) is 110 Å². The Hall–Kier alpha value is -9.47. The number of nitrogens with one attached hydrogen (secondary N) is 4. The molecule has 0 aliphatic carbocycles. The Morgan fingerprint density at radius 1 is 0.364 bits per heavy atom. The van der Waals surface area contributed by atoms with E-state index in [-0.39, 0.29) is 59.5 Å². The minimum Gasteiger partial charge on any atom is -0.461 e. The maximum atomic E-state index is 13.2. The van der Waals surface area contributed by atoms with Crippen LogP contribution in [0.2, 0.25) is 0 Å². The third kappa shape index (κ3) is 24.0. The number of ether oxygens (including phenoxy) is 9. The van der Waals surface area contributed by atoms with Crippen molar-refractivity contribution >= 4 is 95.1 Å². The fourth-order valence-corrected chi connectivity index (χ4v) is 6.61. The van der Waals surface area contributed by atoms with Crippen LogP contribution in [0, 0.1) is 0 Å². The van der Waals surface area contributed by atoms with Gasteiger partial charge in [-0.3, -0.25) is 44.7 Å². The second-order valence-electron chi connectivity index (χ2n) is 16.6. The van der Waals surface area contributed by atoms with E-state index in [0.717, 1.165) is 0 Å². The lowest BCUT2D eigenvalue weighted by molar-refractivity contribution is -0.143. The van der Waals surface area contributed by atoms with Crippen LogP contribution in [0.25, 0.3) is 18.2 Å². The van der Waals surface area contributed by atoms with Crippen molar-refractivity contribution < 1.29 is 85.8 Å². The molecule has 22 nitrogen and oxygen atoms in total. The Morgan fingerprint density at radius 2 is 0.610 bits per heavy atom. The van der Waals surface area contributed by atoms with Gasteiger partial charge in [0.25, 0.3) is 0 Å². The molecule has 0 aliphatic heterocycles. The summed E-state index contributed by atoms with van der Waals surface area (Å²) in [6.07, 6.45) is 2.58. The molecule has 0 atom stereocenters. The van der Waals surface area contributed by atoms with Gasteiger partial charge >= 0.3 is 54.1 Å². The maximum absolute atomic E-state index is 13.2.